The van der Waals surface area contributed by atoms with Gasteiger partial charge in [-0.2, -0.15) is 0 Å². The lowest BCUT2D eigenvalue weighted by molar-refractivity contribution is -0.142. The van der Waals surface area contributed by atoms with Gasteiger partial charge in [-0.1, -0.05) is 49.8 Å². The van der Waals surface area contributed by atoms with E-state index in [9.17, 15) is 4.79 Å². The minimum Gasteiger partial charge on any atom is -0.466 e. The molecule has 0 aliphatic carbocycles. The lowest BCUT2D eigenvalue weighted by Gasteiger charge is -2.00. The molecular weight excluding hydrogens is 224 g/mol. The molecular formula is C16H22O2. The van der Waals surface area contributed by atoms with E-state index in [1.807, 2.05) is 19.1 Å². The van der Waals surface area contributed by atoms with Crippen LogP contribution in [0.3, 0.4) is 0 Å². The number of benzene rings is 1. The first-order chi connectivity index (χ1) is 8.76. The van der Waals surface area contributed by atoms with Crippen molar-refractivity contribution < 1.29 is 9.53 Å². The molecule has 0 saturated carbocycles. The van der Waals surface area contributed by atoms with Crippen LogP contribution in [0.4, 0.5) is 0 Å². The molecule has 0 aliphatic heterocycles. The van der Waals surface area contributed by atoms with Crippen LogP contribution in [-0.2, 0) is 16.0 Å². The van der Waals surface area contributed by atoms with Gasteiger partial charge in [0.1, 0.15) is 0 Å². The topological polar surface area (TPSA) is 26.3 Å². The van der Waals surface area contributed by atoms with Gasteiger partial charge in [-0.3, -0.25) is 4.79 Å². The zero-order chi connectivity index (χ0) is 13.2. The molecule has 1 aromatic carbocycles. The van der Waals surface area contributed by atoms with Gasteiger partial charge >= 0.3 is 5.97 Å². The van der Waals surface area contributed by atoms with E-state index >= 15 is 0 Å². The van der Waals surface area contributed by atoms with Gasteiger partial charge in [0.2, 0.25) is 0 Å². The van der Waals surface area contributed by atoms with Crippen LogP contribution in [-0.4, -0.2) is 12.6 Å². The van der Waals surface area contributed by atoms with Crippen molar-refractivity contribution in [3.63, 3.8) is 0 Å². The van der Waals surface area contributed by atoms with Gasteiger partial charge in [0.25, 0.3) is 0 Å². The first-order valence-corrected chi connectivity index (χ1v) is 6.67. The van der Waals surface area contributed by atoms with E-state index < -0.39 is 0 Å². The highest BCUT2D eigenvalue weighted by molar-refractivity contribution is 5.72. The molecule has 0 amide bonds. The summed E-state index contributed by atoms with van der Waals surface area (Å²) in [5.74, 6) is -0.173. The zero-order valence-corrected chi connectivity index (χ0v) is 11.3. The van der Waals surface area contributed by atoms with Crippen molar-refractivity contribution in [3.8, 4) is 0 Å². The number of unbranched alkanes of at least 4 members (excludes halogenated alkanes) is 1. The molecule has 0 spiro atoms. The van der Waals surface area contributed by atoms with Crippen LogP contribution in [0.25, 0.3) is 6.08 Å². The molecule has 1 aromatic rings. The van der Waals surface area contributed by atoms with Gasteiger partial charge in [-0.15, -0.1) is 0 Å². The number of carbonyl (C=O) groups is 1. The van der Waals surface area contributed by atoms with E-state index in [1.165, 1.54) is 18.4 Å². The normalized spacial score (nSPS) is 10.8. The van der Waals surface area contributed by atoms with Gasteiger partial charge in [-0.25, -0.2) is 0 Å². The highest BCUT2D eigenvalue weighted by Crippen LogP contribution is 2.09. The van der Waals surface area contributed by atoms with Gasteiger partial charge < -0.3 is 4.74 Å². The molecule has 0 unspecified atom stereocenters. The van der Waals surface area contributed by atoms with Crippen molar-refractivity contribution in [2.75, 3.05) is 6.61 Å². The van der Waals surface area contributed by atoms with E-state index in [4.69, 9.17) is 4.74 Å². The molecule has 1 rings (SSSR count). The van der Waals surface area contributed by atoms with Crippen molar-refractivity contribution in [2.24, 2.45) is 0 Å². The van der Waals surface area contributed by atoms with Gasteiger partial charge in [0.05, 0.1) is 13.0 Å². The quantitative estimate of drug-likeness (QED) is 0.680. The minimum absolute atomic E-state index is 0.173. The van der Waals surface area contributed by atoms with Crippen LogP contribution in [0.2, 0.25) is 0 Å². The summed E-state index contributed by atoms with van der Waals surface area (Å²) in [6.07, 6.45) is 7.74. The third-order valence-electron chi connectivity index (χ3n) is 2.70. The summed E-state index contributed by atoms with van der Waals surface area (Å²) in [6, 6.07) is 8.48. The van der Waals surface area contributed by atoms with Crippen molar-refractivity contribution in [1.29, 1.82) is 0 Å². The van der Waals surface area contributed by atoms with Crippen molar-refractivity contribution in [2.45, 2.75) is 39.5 Å². The standard InChI is InChI=1S/C16H22O2/c1-3-5-7-14-10-12-15(13-11-14)8-6-9-16(17)18-4-2/h6,8,10-13H,3-5,7,9H2,1-2H3. The van der Waals surface area contributed by atoms with E-state index in [1.54, 1.807) is 0 Å². The summed E-state index contributed by atoms with van der Waals surface area (Å²) in [5, 5.41) is 0. The van der Waals surface area contributed by atoms with E-state index in [0.717, 1.165) is 12.0 Å². The third-order valence-corrected chi connectivity index (χ3v) is 2.70. The van der Waals surface area contributed by atoms with Gasteiger partial charge in [0, 0.05) is 0 Å². The number of rotatable bonds is 7. The third kappa shape index (κ3) is 5.67. The summed E-state index contributed by atoms with van der Waals surface area (Å²) < 4.78 is 4.85. The van der Waals surface area contributed by atoms with Crippen molar-refractivity contribution >= 4 is 12.0 Å². The fourth-order valence-corrected chi connectivity index (χ4v) is 1.69. The highest BCUT2D eigenvalue weighted by atomic mass is 16.5. The van der Waals surface area contributed by atoms with Crippen LogP contribution in [0.15, 0.2) is 30.3 Å². The average molecular weight is 246 g/mol. The predicted octanol–water partition coefficient (Wildman–Crippen LogP) is 4.00. The second-order valence-corrected chi connectivity index (χ2v) is 4.26. The molecule has 0 N–H and O–H groups in total. The number of ether oxygens (including phenoxy) is 1. The Hall–Kier alpha value is -1.57. The Morgan fingerprint density at radius 3 is 2.56 bits per heavy atom. The first-order valence-electron chi connectivity index (χ1n) is 6.67. The average Bonchev–Trinajstić information content (AvgIpc) is 2.38. The van der Waals surface area contributed by atoms with Crippen LogP contribution >= 0.6 is 0 Å². The molecule has 0 fully saturated rings. The molecule has 18 heavy (non-hydrogen) atoms. The molecule has 0 aromatic heterocycles. The number of esters is 1. The SMILES string of the molecule is CCCCc1ccc(C=CCC(=O)OCC)cc1. The summed E-state index contributed by atoms with van der Waals surface area (Å²) in [7, 11) is 0. The maximum atomic E-state index is 11.1. The Bertz CT molecular complexity index is 377. The maximum Gasteiger partial charge on any atom is 0.309 e. The highest BCUT2D eigenvalue weighted by Gasteiger charge is 1.96. The Morgan fingerprint density at radius 1 is 1.22 bits per heavy atom. The molecule has 0 radical (unpaired) electrons. The zero-order valence-electron chi connectivity index (χ0n) is 11.3. The number of hydrogen-bond acceptors (Lipinski definition) is 2. The number of aryl methyl sites for hydroxylation is 1. The van der Waals surface area contributed by atoms with E-state index in [-0.39, 0.29) is 5.97 Å². The van der Waals surface area contributed by atoms with Crippen molar-refractivity contribution in [1.82, 2.24) is 0 Å². The number of hydrogen-bond donors (Lipinski definition) is 0. The van der Waals surface area contributed by atoms with Crippen LogP contribution in [0, 0.1) is 0 Å². The second kappa shape index (κ2) is 8.51. The van der Waals surface area contributed by atoms with E-state index in [2.05, 4.69) is 31.2 Å². The fraction of sp³-hybridized carbons (Fsp3) is 0.438. The Morgan fingerprint density at radius 2 is 1.94 bits per heavy atom. The van der Waals surface area contributed by atoms with Crippen LogP contribution in [0.5, 0.6) is 0 Å². The molecule has 0 heterocycles. The first kappa shape index (κ1) is 14.5. The molecule has 2 heteroatoms. The summed E-state index contributed by atoms with van der Waals surface area (Å²) in [4.78, 5) is 11.1. The second-order valence-electron chi connectivity index (χ2n) is 4.26. The molecule has 2 nitrogen and oxygen atoms in total. The monoisotopic (exact) mass is 246 g/mol. The number of carbonyl (C=O) groups excluding carboxylic acids is 1. The fourth-order valence-electron chi connectivity index (χ4n) is 1.69. The Kier molecular flexibility index (Phi) is 6.85. The minimum atomic E-state index is -0.173. The molecule has 98 valence electrons. The molecule has 0 saturated heterocycles. The smallest absolute Gasteiger partial charge is 0.309 e. The Labute approximate surface area is 110 Å². The van der Waals surface area contributed by atoms with Gasteiger partial charge in [0.15, 0.2) is 0 Å². The predicted molar refractivity (Wildman–Crippen MR) is 75.3 cm³/mol. The maximum absolute atomic E-state index is 11.1. The lowest BCUT2D eigenvalue weighted by atomic mass is 10.1. The summed E-state index contributed by atoms with van der Waals surface area (Å²) in [6.45, 7) is 4.46. The van der Waals surface area contributed by atoms with E-state index in [0.29, 0.717) is 13.0 Å². The van der Waals surface area contributed by atoms with Crippen LogP contribution in [0.1, 0.15) is 44.2 Å². The summed E-state index contributed by atoms with van der Waals surface area (Å²) >= 11 is 0. The summed E-state index contributed by atoms with van der Waals surface area (Å²) in [5.41, 5.74) is 2.50. The molecule has 0 aliphatic rings. The van der Waals surface area contributed by atoms with Gasteiger partial charge in [-0.05, 0) is 30.9 Å². The Balaban J connectivity index is 2.43. The molecule has 0 bridgehead atoms. The largest absolute Gasteiger partial charge is 0.466 e. The lowest BCUT2D eigenvalue weighted by Crippen LogP contribution is -2.01. The van der Waals surface area contributed by atoms with Crippen LogP contribution < -0.4 is 0 Å². The van der Waals surface area contributed by atoms with Crippen molar-refractivity contribution in [3.05, 3.63) is 41.5 Å². The molecule has 0 atom stereocenters.